The molecule has 132 valence electrons. The summed E-state index contributed by atoms with van der Waals surface area (Å²) in [5, 5.41) is 13.2. The molecule has 25 heavy (non-hydrogen) atoms. The lowest BCUT2D eigenvalue weighted by molar-refractivity contribution is 0.0992. The van der Waals surface area contributed by atoms with Crippen LogP contribution in [-0.4, -0.2) is 41.4 Å². The fourth-order valence-electron chi connectivity index (χ4n) is 2.69. The summed E-state index contributed by atoms with van der Waals surface area (Å²) < 4.78 is 6.37. The first-order chi connectivity index (χ1) is 12.2. The van der Waals surface area contributed by atoms with Gasteiger partial charge in [0.25, 0.3) is 0 Å². The minimum Gasteiger partial charge on any atom is -0.394 e. The quantitative estimate of drug-likeness (QED) is 0.535. The number of hydrogen-bond acceptors (Lipinski definition) is 6. The minimum atomic E-state index is 0.0376. The van der Waals surface area contributed by atoms with Crippen molar-refractivity contribution in [2.45, 2.75) is 13.3 Å². The number of benzene rings is 1. The molecule has 0 aliphatic heterocycles. The van der Waals surface area contributed by atoms with E-state index in [2.05, 4.69) is 62.4 Å². The van der Waals surface area contributed by atoms with Gasteiger partial charge in [-0.15, -0.1) is 11.3 Å². The Hall–Kier alpha value is -1.54. The van der Waals surface area contributed by atoms with E-state index in [1.165, 1.54) is 16.0 Å². The van der Waals surface area contributed by atoms with Gasteiger partial charge in [0.1, 0.15) is 17.0 Å². The lowest BCUT2D eigenvalue weighted by Gasteiger charge is -2.09. The second-order valence-electron chi connectivity index (χ2n) is 5.43. The van der Waals surface area contributed by atoms with Gasteiger partial charge in [0, 0.05) is 21.5 Å². The minimum absolute atomic E-state index is 0.0376. The predicted octanol–water partition coefficient (Wildman–Crippen LogP) is 4.10. The maximum absolute atomic E-state index is 8.77. The Morgan fingerprint density at radius 1 is 1.20 bits per heavy atom. The summed E-state index contributed by atoms with van der Waals surface area (Å²) in [6, 6.07) is 8.34. The van der Waals surface area contributed by atoms with Crippen LogP contribution in [0.25, 0.3) is 21.3 Å². The van der Waals surface area contributed by atoms with Crippen molar-refractivity contribution >= 4 is 43.3 Å². The Balaban J connectivity index is 1.98. The fourth-order valence-corrected chi connectivity index (χ4v) is 4.06. The molecule has 0 aliphatic carbocycles. The number of aryl methyl sites for hydroxylation is 1. The van der Waals surface area contributed by atoms with Crippen LogP contribution in [0.3, 0.4) is 0 Å². The lowest BCUT2D eigenvalue weighted by atomic mass is 10.0. The number of nitrogens with one attached hydrogen (secondary N) is 1. The maximum Gasteiger partial charge on any atom is 0.138 e. The average molecular weight is 422 g/mol. The van der Waals surface area contributed by atoms with Crippen molar-refractivity contribution in [2.24, 2.45) is 0 Å². The Morgan fingerprint density at radius 2 is 2.00 bits per heavy atom. The molecular weight excluding hydrogens is 402 g/mol. The van der Waals surface area contributed by atoms with E-state index in [9.17, 15) is 0 Å². The van der Waals surface area contributed by atoms with Gasteiger partial charge < -0.3 is 15.2 Å². The van der Waals surface area contributed by atoms with Crippen LogP contribution in [0.5, 0.6) is 0 Å². The summed E-state index contributed by atoms with van der Waals surface area (Å²) in [7, 11) is 0. The van der Waals surface area contributed by atoms with Gasteiger partial charge in [0.2, 0.25) is 0 Å². The molecule has 0 radical (unpaired) electrons. The number of aromatic nitrogens is 2. The molecule has 0 saturated carbocycles. The van der Waals surface area contributed by atoms with E-state index in [1.807, 2.05) is 0 Å². The highest BCUT2D eigenvalue weighted by Crippen LogP contribution is 2.41. The third-order valence-corrected chi connectivity index (χ3v) is 5.56. The van der Waals surface area contributed by atoms with E-state index in [4.69, 9.17) is 9.84 Å². The molecule has 0 fully saturated rings. The number of ether oxygens (including phenoxy) is 1. The molecule has 2 aromatic heterocycles. The van der Waals surface area contributed by atoms with Gasteiger partial charge in [0.15, 0.2) is 0 Å². The molecule has 0 aliphatic rings. The Morgan fingerprint density at radius 3 is 2.72 bits per heavy atom. The number of halogens is 1. The molecule has 7 heteroatoms. The van der Waals surface area contributed by atoms with Gasteiger partial charge in [-0.3, -0.25) is 0 Å². The molecule has 1 aromatic carbocycles. The number of hydrogen-bond donors (Lipinski definition) is 2. The third kappa shape index (κ3) is 4.17. The van der Waals surface area contributed by atoms with Gasteiger partial charge in [-0.25, -0.2) is 9.97 Å². The standard InChI is InChI=1S/C18H20BrN3O2S/c1-2-14-15(12-3-5-13(19)6-4-12)16-17(20-7-9-24-10-8-23)21-11-22-18(16)25-14/h3-6,11,23H,2,7-10H2,1H3,(H,20,21,22). The van der Waals surface area contributed by atoms with Crippen molar-refractivity contribution in [1.82, 2.24) is 9.97 Å². The smallest absolute Gasteiger partial charge is 0.138 e. The van der Waals surface area contributed by atoms with Gasteiger partial charge in [0.05, 0.1) is 25.2 Å². The molecule has 0 bridgehead atoms. The second-order valence-corrected chi connectivity index (χ2v) is 7.43. The van der Waals surface area contributed by atoms with Gasteiger partial charge in [-0.1, -0.05) is 35.0 Å². The van der Waals surface area contributed by atoms with E-state index >= 15 is 0 Å². The molecule has 2 N–H and O–H groups in total. The van der Waals surface area contributed by atoms with Gasteiger partial charge in [-0.2, -0.15) is 0 Å². The number of anilines is 1. The zero-order valence-electron chi connectivity index (χ0n) is 14.0. The molecular formula is C18H20BrN3O2S. The number of aliphatic hydroxyl groups is 1. The molecule has 0 saturated heterocycles. The largest absolute Gasteiger partial charge is 0.394 e. The number of fused-ring (bicyclic) bond motifs is 1. The Labute approximate surface area is 159 Å². The van der Waals surface area contributed by atoms with Crippen LogP contribution < -0.4 is 5.32 Å². The second kappa shape index (κ2) is 8.71. The first kappa shape index (κ1) is 18.3. The van der Waals surface area contributed by atoms with Crippen molar-refractivity contribution in [3.8, 4) is 11.1 Å². The highest BCUT2D eigenvalue weighted by atomic mass is 79.9. The number of aliphatic hydroxyl groups excluding tert-OH is 1. The van der Waals surface area contributed by atoms with Crippen molar-refractivity contribution in [2.75, 3.05) is 31.7 Å². The Kier molecular flexibility index (Phi) is 6.36. The highest BCUT2D eigenvalue weighted by Gasteiger charge is 2.17. The molecule has 0 spiro atoms. The van der Waals surface area contributed by atoms with Crippen LogP contribution in [0.1, 0.15) is 11.8 Å². The lowest BCUT2D eigenvalue weighted by Crippen LogP contribution is -2.12. The zero-order valence-corrected chi connectivity index (χ0v) is 16.4. The first-order valence-corrected chi connectivity index (χ1v) is 9.80. The van der Waals surface area contributed by atoms with Gasteiger partial charge in [-0.05, 0) is 24.1 Å². The third-order valence-electron chi connectivity index (χ3n) is 3.79. The van der Waals surface area contributed by atoms with Crippen LogP contribution in [-0.2, 0) is 11.2 Å². The molecule has 3 rings (SSSR count). The van der Waals surface area contributed by atoms with Crippen LogP contribution in [0.2, 0.25) is 0 Å². The van der Waals surface area contributed by atoms with E-state index < -0.39 is 0 Å². The predicted molar refractivity (Wildman–Crippen MR) is 106 cm³/mol. The van der Waals surface area contributed by atoms with E-state index in [-0.39, 0.29) is 6.61 Å². The molecule has 2 heterocycles. The average Bonchev–Trinajstić information content (AvgIpc) is 3.01. The summed E-state index contributed by atoms with van der Waals surface area (Å²) in [6.07, 6.45) is 2.55. The summed E-state index contributed by atoms with van der Waals surface area (Å²) in [4.78, 5) is 11.2. The number of nitrogens with zero attached hydrogens (tertiary/aromatic N) is 2. The first-order valence-electron chi connectivity index (χ1n) is 8.19. The highest BCUT2D eigenvalue weighted by molar-refractivity contribution is 9.10. The fraction of sp³-hybridized carbons (Fsp3) is 0.333. The summed E-state index contributed by atoms with van der Waals surface area (Å²) in [5.41, 5.74) is 2.37. The van der Waals surface area contributed by atoms with Crippen LogP contribution in [0.15, 0.2) is 35.1 Å². The zero-order chi connectivity index (χ0) is 17.6. The van der Waals surface area contributed by atoms with Gasteiger partial charge >= 0.3 is 0 Å². The van der Waals surface area contributed by atoms with Crippen LogP contribution in [0, 0.1) is 0 Å². The van der Waals surface area contributed by atoms with Crippen molar-refractivity contribution in [3.05, 3.63) is 39.9 Å². The summed E-state index contributed by atoms with van der Waals surface area (Å²) >= 11 is 5.21. The molecule has 3 aromatic rings. The number of rotatable bonds is 8. The van der Waals surface area contributed by atoms with Crippen LogP contribution in [0.4, 0.5) is 5.82 Å². The summed E-state index contributed by atoms with van der Waals surface area (Å²) in [6.45, 7) is 3.70. The maximum atomic E-state index is 8.77. The Bertz CT molecular complexity index is 836. The van der Waals surface area contributed by atoms with E-state index in [0.29, 0.717) is 19.8 Å². The SMILES string of the molecule is CCc1sc2ncnc(NCCOCCO)c2c1-c1ccc(Br)cc1. The van der Waals surface area contributed by atoms with Crippen molar-refractivity contribution in [1.29, 1.82) is 0 Å². The molecule has 0 amide bonds. The monoisotopic (exact) mass is 421 g/mol. The topological polar surface area (TPSA) is 67.3 Å². The number of thiophene rings is 1. The molecule has 0 atom stereocenters. The van der Waals surface area contributed by atoms with Crippen molar-refractivity contribution in [3.63, 3.8) is 0 Å². The normalized spacial score (nSPS) is 11.2. The molecule has 5 nitrogen and oxygen atoms in total. The van der Waals surface area contributed by atoms with Crippen LogP contribution >= 0.6 is 27.3 Å². The molecule has 0 unspecified atom stereocenters. The summed E-state index contributed by atoms with van der Waals surface area (Å²) in [5.74, 6) is 0.825. The van der Waals surface area contributed by atoms with Crippen molar-refractivity contribution < 1.29 is 9.84 Å². The van der Waals surface area contributed by atoms with E-state index in [0.717, 1.165) is 26.9 Å². The van der Waals surface area contributed by atoms with E-state index in [1.54, 1.807) is 17.7 Å².